The van der Waals surface area contributed by atoms with Crippen LogP contribution in [-0.4, -0.2) is 38.1 Å². The molecule has 0 bridgehead atoms. The summed E-state index contributed by atoms with van der Waals surface area (Å²) < 4.78 is 0. The summed E-state index contributed by atoms with van der Waals surface area (Å²) in [6, 6.07) is -0.330. The van der Waals surface area contributed by atoms with Crippen LogP contribution in [0.1, 0.15) is 6.42 Å². The minimum Gasteiger partial charge on any atom is -0.480 e. The van der Waals surface area contributed by atoms with E-state index in [9.17, 15) is 4.79 Å². The Bertz CT molecular complexity index is 143. The highest BCUT2D eigenvalue weighted by molar-refractivity contribution is 7.98. The zero-order chi connectivity index (χ0) is 9.56. The number of nitrogens with one attached hydrogen (secondary N) is 1. The summed E-state index contributed by atoms with van der Waals surface area (Å²) in [6.45, 7) is 4.18. The summed E-state index contributed by atoms with van der Waals surface area (Å²) in [7, 11) is -0.967. The van der Waals surface area contributed by atoms with Crippen LogP contribution in [0.2, 0.25) is 13.1 Å². The van der Waals surface area contributed by atoms with E-state index in [0.29, 0.717) is 0 Å². The lowest BCUT2D eigenvalue weighted by molar-refractivity contribution is -0.139. The second kappa shape index (κ2) is 6.51. The first-order valence-corrected chi connectivity index (χ1v) is 8.33. The zero-order valence-electron chi connectivity index (χ0n) is 7.83. The van der Waals surface area contributed by atoms with Crippen molar-refractivity contribution in [1.82, 2.24) is 4.98 Å². The molecule has 0 saturated carbocycles. The van der Waals surface area contributed by atoms with Crippen LogP contribution in [0.25, 0.3) is 0 Å². The maximum atomic E-state index is 10.7. The molecule has 0 spiro atoms. The Morgan fingerprint density at radius 1 is 1.67 bits per heavy atom. The summed E-state index contributed by atoms with van der Waals surface area (Å²) >= 11 is 1.69. The molecule has 0 unspecified atom stereocenters. The van der Waals surface area contributed by atoms with E-state index in [2.05, 4.69) is 18.1 Å². The molecular weight excluding hydrogens is 190 g/mol. The SMILES string of the molecule is CSCC[C@H](N[SiH](C)C)C(=O)O. The van der Waals surface area contributed by atoms with Gasteiger partial charge >= 0.3 is 5.97 Å². The average molecular weight is 207 g/mol. The Hall–Kier alpha value is -0.00312. The summed E-state index contributed by atoms with van der Waals surface area (Å²) in [4.78, 5) is 13.8. The Labute approximate surface area is 79.6 Å². The molecule has 0 fully saturated rings. The van der Waals surface area contributed by atoms with Crippen molar-refractivity contribution in [1.29, 1.82) is 0 Å². The monoisotopic (exact) mass is 207 g/mol. The fourth-order valence-electron chi connectivity index (χ4n) is 0.916. The van der Waals surface area contributed by atoms with Crippen molar-refractivity contribution in [2.24, 2.45) is 0 Å². The van der Waals surface area contributed by atoms with E-state index in [4.69, 9.17) is 5.11 Å². The molecule has 2 N–H and O–H groups in total. The lowest BCUT2D eigenvalue weighted by Crippen LogP contribution is -2.43. The molecule has 0 saturated heterocycles. The molecule has 0 aliphatic carbocycles. The van der Waals surface area contributed by atoms with Crippen LogP contribution in [0.15, 0.2) is 0 Å². The molecule has 72 valence electrons. The fourth-order valence-corrected chi connectivity index (χ4v) is 2.50. The fraction of sp³-hybridized carbons (Fsp3) is 0.857. The number of thioether (sulfide) groups is 1. The van der Waals surface area contributed by atoms with Crippen LogP contribution in [0.4, 0.5) is 0 Å². The molecular formula is C7H17NO2SSi. The van der Waals surface area contributed by atoms with Crippen LogP contribution >= 0.6 is 11.8 Å². The molecule has 0 aliphatic rings. The molecule has 1 atom stereocenters. The molecule has 0 radical (unpaired) electrons. The summed E-state index contributed by atoms with van der Waals surface area (Å²) in [5.41, 5.74) is 0. The molecule has 0 aromatic rings. The number of hydrogen-bond acceptors (Lipinski definition) is 3. The van der Waals surface area contributed by atoms with Gasteiger partial charge in [-0.05, 0) is 18.4 Å². The number of hydrogen-bond donors (Lipinski definition) is 2. The van der Waals surface area contributed by atoms with E-state index in [1.165, 1.54) is 0 Å². The van der Waals surface area contributed by atoms with Gasteiger partial charge in [0.2, 0.25) is 0 Å². The number of rotatable bonds is 6. The van der Waals surface area contributed by atoms with E-state index in [1.807, 2.05) is 6.26 Å². The van der Waals surface area contributed by atoms with Crippen LogP contribution in [0, 0.1) is 0 Å². The summed E-state index contributed by atoms with van der Waals surface area (Å²) in [5.74, 6) is 0.190. The molecule has 0 amide bonds. The Morgan fingerprint density at radius 3 is 2.58 bits per heavy atom. The van der Waals surface area contributed by atoms with E-state index < -0.39 is 14.9 Å². The van der Waals surface area contributed by atoms with Gasteiger partial charge in [-0.3, -0.25) is 4.79 Å². The lowest BCUT2D eigenvalue weighted by Gasteiger charge is -2.15. The maximum Gasteiger partial charge on any atom is 0.320 e. The second-order valence-corrected chi connectivity index (χ2v) is 6.62. The van der Waals surface area contributed by atoms with E-state index >= 15 is 0 Å². The van der Waals surface area contributed by atoms with E-state index in [1.54, 1.807) is 11.8 Å². The summed E-state index contributed by atoms with van der Waals surface area (Å²) in [5, 5.41) is 8.80. The quantitative estimate of drug-likeness (QED) is 0.632. The third-order valence-corrected chi connectivity index (χ3v) is 3.16. The molecule has 0 aromatic heterocycles. The number of carbonyl (C=O) groups is 1. The lowest BCUT2D eigenvalue weighted by atomic mass is 10.2. The van der Waals surface area contributed by atoms with Gasteiger partial charge in [0.1, 0.15) is 15.0 Å². The van der Waals surface area contributed by atoms with Gasteiger partial charge in [0, 0.05) is 0 Å². The minimum atomic E-state index is -0.967. The number of carboxylic acid groups (broad SMARTS) is 1. The molecule has 0 aliphatic heterocycles. The van der Waals surface area contributed by atoms with E-state index in [0.717, 1.165) is 12.2 Å². The van der Waals surface area contributed by atoms with Crippen LogP contribution in [-0.2, 0) is 4.79 Å². The number of aliphatic carboxylic acids is 1. The van der Waals surface area contributed by atoms with Gasteiger partial charge in [0.05, 0.1) is 0 Å². The molecule has 3 nitrogen and oxygen atoms in total. The molecule has 5 heteroatoms. The van der Waals surface area contributed by atoms with Crippen molar-refractivity contribution in [2.75, 3.05) is 12.0 Å². The Morgan fingerprint density at radius 2 is 2.25 bits per heavy atom. The van der Waals surface area contributed by atoms with Gasteiger partial charge in [-0.2, -0.15) is 11.8 Å². The van der Waals surface area contributed by atoms with E-state index in [-0.39, 0.29) is 6.04 Å². The first-order valence-electron chi connectivity index (χ1n) is 4.05. The smallest absolute Gasteiger partial charge is 0.320 e. The number of carboxylic acids is 1. The third kappa shape index (κ3) is 5.62. The van der Waals surface area contributed by atoms with Gasteiger partial charge in [-0.25, -0.2) is 0 Å². The highest BCUT2D eigenvalue weighted by Crippen LogP contribution is 2.01. The van der Waals surface area contributed by atoms with Crippen molar-refractivity contribution in [3.05, 3.63) is 0 Å². The van der Waals surface area contributed by atoms with Gasteiger partial charge < -0.3 is 10.1 Å². The molecule has 12 heavy (non-hydrogen) atoms. The van der Waals surface area contributed by atoms with Crippen LogP contribution in [0.5, 0.6) is 0 Å². The Kier molecular flexibility index (Phi) is 6.50. The topological polar surface area (TPSA) is 49.3 Å². The molecule has 0 rings (SSSR count). The Balaban J connectivity index is 3.78. The second-order valence-electron chi connectivity index (χ2n) is 2.99. The van der Waals surface area contributed by atoms with Crippen molar-refractivity contribution in [3.63, 3.8) is 0 Å². The average Bonchev–Trinajstić information content (AvgIpc) is 1.96. The van der Waals surface area contributed by atoms with Crippen LogP contribution in [0.3, 0.4) is 0 Å². The zero-order valence-corrected chi connectivity index (χ0v) is 9.80. The minimum absolute atomic E-state index is 0.330. The first-order chi connectivity index (χ1) is 5.57. The normalized spacial score (nSPS) is 13.3. The highest BCUT2D eigenvalue weighted by atomic mass is 32.2. The largest absolute Gasteiger partial charge is 0.480 e. The molecule has 0 aromatic carbocycles. The van der Waals surface area contributed by atoms with Crippen molar-refractivity contribution in [3.8, 4) is 0 Å². The van der Waals surface area contributed by atoms with Gasteiger partial charge in [0.25, 0.3) is 0 Å². The predicted octanol–water partition coefficient (Wildman–Crippen LogP) is 0.766. The standard InChI is InChI=1S/C7H17NO2SSi/c1-11-5-4-6(7(9)10)8-12(2)3/h6,8,12H,4-5H2,1-3H3,(H,9,10)/t6-/m0/s1. The van der Waals surface area contributed by atoms with Crippen molar-refractivity contribution < 1.29 is 9.90 Å². The summed E-state index contributed by atoms with van der Waals surface area (Å²) in [6.07, 6.45) is 2.72. The van der Waals surface area contributed by atoms with Gasteiger partial charge in [-0.15, -0.1) is 0 Å². The first kappa shape index (κ1) is 12.0. The maximum absolute atomic E-state index is 10.7. The van der Waals surface area contributed by atoms with Crippen molar-refractivity contribution >= 4 is 26.7 Å². The van der Waals surface area contributed by atoms with Gasteiger partial charge in [-0.1, -0.05) is 13.1 Å². The molecule has 0 heterocycles. The third-order valence-electron chi connectivity index (χ3n) is 1.44. The van der Waals surface area contributed by atoms with Crippen LogP contribution < -0.4 is 4.98 Å². The van der Waals surface area contributed by atoms with Gasteiger partial charge in [0.15, 0.2) is 0 Å². The highest BCUT2D eigenvalue weighted by Gasteiger charge is 2.16. The predicted molar refractivity (Wildman–Crippen MR) is 56.4 cm³/mol. The van der Waals surface area contributed by atoms with Crippen molar-refractivity contribution in [2.45, 2.75) is 25.6 Å².